The molecule has 0 aliphatic carbocycles. The molecule has 1 heterocycles. The van der Waals surface area contributed by atoms with Crippen molar-refractivity contribution in [2.75, 3.05) is 0 Å². The molecule has 0 spiro atoms. The second-order valence-corrected chi connectivity index (χ2v) is 3.26. The fourth-order valence-electron chi connectivity index (χ4n) is 1.23. The number of benzene rings is 1. The fraction of sp³-hybridized carbons (Fsp3) is 0. The molecular weight excluding hydrogens is 217 g/mol. The zero-order valence-corrected chi connectivity index (χ0v) is 8.22. The number of nitriles is 1. The Hall–Kier alpha value is -1.86. The number of aromatic amines is 1. The van der Waals surface area contributed by atoms with E-state index in [1.165, 1.54) is 18.3 Å². The molecule has 0 saturated carbocycles. The van der Waals surface area contributed by atoms with Crippen molar-refractivity contribution in [3.05, 3.63) is 40.9 Å². The van der Waals surface area contributed by atoms with Crippen molar-refractivity contribution >= 4 is 11.6 Å². The number of hydrogen-bond acceptors (Lipinski definition) is 2. The van der Waals surface area contributed by atoms with Gasteiger partial charge in [-0.15, -0.1) is 0 Å². The van der Waals surface area contributed by atoms with Crippen molar-refractivity contribution in [3.63, 3.8) is 0 Å². The van der Waals surface area contributed by atoms with Gasteiger partial charge in [-0.25, -0.2) is 9.37 Å². The van der Waals surface area contributed by atoms with Crippen LogP contribution in [0.3, 0.4) is 0 Å². The smallest absolute Gasteiger partial charge is 0.142 e. The van der Waals surface area contributed by atoms with Crippen LogP contribution in [0.25, 0.3) is 11.4 Å². The Morgan fingerprint density at radius 1 is 1.47 bits per heavy atom. The lowest BCUT2D eigenvalue weighted by molar-refractivity contribution is 0.630. The molecule has 0 aliphatic heterocycles. The van der Waals surface area contributed by atoms with Gasteiger partial charge in [0.25, 0.3) is 0 Å². The monoisotopic (exact) mass is 221 g/mol. The normalized spacial score (nSPS) is 9.93. The summed E-state index contributed by atoms with van der Waals surface area (Å²) in [5.41, 5.74) is 0.449. The number of hydrogen-bond donors (Lipinski definition) is 1. The van der Waals surface area contributed by atoms with E-state index < -0.39 is 5.82 Å². The molecule has 0 radical (unpaired) electrons. The molecule has 0 amide bonds. The predicted octanol–water partition coefficient (Wildman–Crippen LogP) is 2.74. The average molecular weight is 222 g/mol. The second-order valence-electron chi connectivity index (χ2n) is 2.85. The molecule has 0 unspecified atom stereocenters. The van der Waals surface area contributed by atoms with Crippen molar-refractivity contribution in [1.82, 2.24) is 9.97 Å². The fourth-order valence-corrected chi connectivity index (χ4v) is 1.48. The molecule has 74 valence electrons. The standard InChI is InChI=1S/C10H5ClFN3/c11-7-2-1-3-8(12)9(7)10-14-5-6(4-13)15-10/h1-3,5H,(H,14,15). The molecule has 1 N–H and O–H groups in total. The quantitative estimate of drug-likeness (QED) is 0.805. The first-order chi connectivity index (χ1) is 7.22. The number of aromatic nitrogens is 2. The Kier molecular flexibility index (Phi) is 2.40. The van der Waals surface area contributed by atoms with Gasteiger partial charge in [-0.1, -0.05) is 17.7 Å². The SMILES string of the molecule is N#Cc1cnc(-c2c(F)cccc2Cl)[nH]1. The summed E-state index contributed by atoms with van der Waals surface area (Å²) < 4.78 is 13.4. The van der Waals surface area contributed by atoms with E-state index in [0.29, 0.717) is 0 Å². The zero-order valence-electron chi connectivity index (χ0n) is 7.46. The Balaban J connectivity index is 2.59. The van der Waals surface area contributed by atoms with E-state index in [1.54, 1.807) is 6.07 Å². The first-order valence-electron chi connectivity index (χ1n) is 4.12. The highest BCUT2D eigenvalue weighted by Gasteiger charge is 2.12. The van der Waals surface area contributed by atoms with E-state index in [2.05, 4.69) is 9.97 Å². The van der Waals surface area contributed by atoms with E-state index >= 15 is 0 Å². The van der Waals surface area contributed by atoms with Crippen molar-refractivity contribution < 1.29 is 4.39 Å². The minimum Gasteiger partial charge on any atom is -0.330 e. The molecule has 0 saturated heterocycles. The Labute approximate surface area is 90.1 Å². The van der Waals surface area contributed by atoms with Crippen LogP contribution in [0, 0.1) is 17.1 Å². The Morgan fingerprint density at radius 3 is 2.87 bits per heavy atom. The van der Waals surface area contributed by atoms with Crippen LogP contribution in [0.15, 0.2) is 24.4 Å². The van der Waals surface area contributed by atoms with Crippen LogP contribution in [-0.4, -0.2) is 9.97 Å². The van der Waals surface area contributed by atoms with Crippen molar-refractivity contribution in [2.24, 2.45) is 0 Å². The van der Waals surface area contributed by atoms with E-state index in [-0.39, 0.29) is 22.1 Å². The lowest BCUT2D eigenvalue weighted by Crippen LogP contribution is -1.87. The molecule has 2 aromatic rings. The van der Waals surface area contributed by atoms with Gasteiger partial charge in [0.2, 0.25) is 0 Å². The molecule has 0 bridgehead atoms. The van der Waals surface area contributed by atoms with E-state index in [9.17, 15) is 4.39 Å². The maximum atomic E-state index is 13.4. The van der Waals surface area contributed by atoms with Gasteiger partial charge in [0, 0.05) is 0 Å². The minimum atomic E-state index is -0.471. The first-order valence-corrected chi connectivity index (χ1v) is 4.49. The first kappa shape index (κ1) is 9.69. The summed E-state index contributed by atoms with van der Waals surface area (Å²) in [6, 6.07) is 6.23. The van der Waals surface area contributed by atoms with Gasteiger partial charge in [-0.3, -0.25) is 0 Å². The maximum absolute atomic E-state index is 13.4. The van der Waals surface area contributed by atoms with Crippen LogP contribution in [0.5, 0.6) is 0 Å². The summed E-state index contributed by atoms with van der Waals surface area (Å²) in [4.78, 5) is 6.54. The summed E-state index contributed by atoms with van der Waals surface area (Å²) in [6.45, 7) is 0. The second kappa shape index (κ2) is 3.71. The summed E-state index contributed by atoms with van der Waals surface area (Å²) in [5, 5.41) is 8.85. The zero-order chi connectivity index (χ0) is 10.8. The van der Waals surface area contributed by atoms with E-state index in [0.717, 1.165) is 0 Å². The van der Waals surface area contributed by atoms with Crippen LogP contribution in [0.2, 0.25) is 5.02 Å². The average Bonchev–Trinajstić information content (AvgIpc) is 2.66. The van der Waals surface area contributed by atoms with E-state index in [1.807, 2.05) is 6.07 Å². The van der Waals surface area contributed by atoms with Crippen LogP contribution >= 0.6 is 11.6 Å². The Morgan fingerprint density at radius 2 is 2.27 bits per heavy atom. The lowest BCUT2D eigenvalue weighted by atomic mass is 10.2. The van der Waals surface area contributed by atoms with Crippen molar-refractivity contribution in [2.45, 2.75) is 0 Å². The third-order valence-corrected chi connectivity index (χ3v) is 2.21. The summed E-state index contributed by atoms with van der Waals surface area (Å²) >= 11 is 5.83. The third-order valence-electron chi connectivity index (χ3n) is 1.90. The van der Waals surface area contributed by atoms with Crippen LogP contribution < -0.4 is 0 Å². The molecule has 15 heavy (non-hydrogen) atoms. The van der Waals surface area contributed by atoms with E-state index in [4.69, 9.17) is 16.9 Å². The van der Waals surface area contributed by atoms with Gasteiger partial charge < -0.3 is 4.98 Å². The molecule has 1 aromatic heterocycles. The molecule has 2 rings (SSSR count). The third kappa shape index (κ3) is 1.69. The highest BCUT2D eigenvalue weighted by molar-refractivity contribution is 6.33. The van der Waals surface area contributed by atoms with Gasteiger partial charge in [0.1, 0.15) is 23.4 Å². The van der Waals surface area contributed by atoms with Gasteiger partial charge in [0.15, 0.2) is 0 Å². The maximum Gasteiger partial charge on any atom is 0.142 e. The van der Waals surface area contributed by atoms with Gasteiger partial charge >= 0.3 is 0 Å². The summed E-state index contributed by atoms with van der Waals surface area (Å²) in [6.07, 6.45) is 1.33. The number of rotatable bonds is 1. The molecule has 5 heteroatoms. The van der Waals surface area contributed by atoms with Gasteiger partial charge in [0.05, 0.1) is 16.8 Å². The predicted molar refractivity (Wildman–Crippen MR) is 53.7 cm³/mol. The van der Waals surface area contributed by atoms with Crippen LogP contribution in [0.4, 0.5) is 4.39 Å². The molecule has 0 atom stereocenters. The highest BCUT2D eigenvalue weighted by atomic mass is 35.5. The molecular formula is C10H5ClFN3. The molecule has 0 aliphatic rings. The summed E-state index contributed by atoms with van der Waals surface area (Å²) in [7, 11) is 0. The number of nitrogens with one attached hydrogen (secondary N) is 1. The minimum absolute atomic E-state index is 0.181. The lowest BCUT2D eigenvalue weighted by Gasteiger charge is -2.01. The molecule has 0 fully saturated rings. The molecule has 3 nitrogen and oxygen atoms in total. The number of halogens is 2. The van der Waals surface area contributed by atoms with Crippen molar-refractivity contribution in [1.29, 1.82) is 5.26 Å². The van der Waals surface area contributed by atoms with Crippen LogP contribution in [-0.2, 0) is 0 Å². The van der Waals surface area contributed by atoms with Gasteiger partial charge in [-0.2, -0.15) is 5.26 Å². The Bertz CT molecular complexity index is 522. The number of nitrogens with zero attached hydrogens (tertiary/aromatic N) is 2. The summed E-state index contributed by atoms with van der Waals surface area (Å²) in [5.74, 6) is -0.212. The number of imidazole rings is 1. The largest absolute Gasteiger partial charge is 0.330 e. The van der Waals surface area contributed by atoms with Gasteiger partial charge in [-0.05, 0) is 12.1 Å². The highest BCUT2D eigenvalue weighted by Crippen LogP contribution is 2.27. The van der Waals surface area contributed by atoms with Crippen molar-refractivity contribution in [3.8, 4) is 17.5 Å². The molecule has 1 aromatic carbocycles. The topological polar surface area (TPSA) is 52.5 Å². The van der Waals surface area contributed by atoms with Crippen LogP contribution in [0.1, 0.15) is 5.69 Å². The number of H-pyrrole nitrogens is 1.